The van der Waals surface area contributed by atoms with E-state index >= 15 is 0 Å². The Morgan fingerprint density at radius 1 is 1.15 bits per heavy atom. The van der Waals surface area contributed by atoms with Gasteiger partial charge in [0.15, 0.2) is 0 Å². The van der Waals surface area contributed by atoms with Crippen molar-refractivity contribution in [1.29, 1.82) is 0 Å². The van der Waals surface area contributed by atoms with Crippen LogP contribution in [-0.2, 0) is 16.3 Å². The summed E-state index contributed by atoms with van der Waals surface area (Å²) in [7, 11) is 0. The van der Waals surface area contributed by atoms with Crippen LogP contribution < -0.4 is 0 Å². The molecule has 20 heavy (non-hydrogen) atoms. The SMILES string of the molecule is Fc1cc(C(F)(F)F)ccc1CBr.O=C(O)C(F)(F)F. The maximum absolute atomic E-state index is 12.9. The van der Waals surface area contributed by atoms with Gasteiger partial charge in [-0.2, -0.15) is 26.3 Å². The number of rotatable bonds is 1. The van der Waals surface area contributed by atoms with E-state index in [0.717, 1.165) is 12.1 Å². The summed E-state index contributed by atoms with van der Waals surface area (Å²) in [6.45, 7) is 0. The van der Waals surface area contributed by atoms with Crippen molar-refractivity contribution in [3.8, 4) is 0 Å². The molecule has 0 aliphatic carbocycles. The van der Waals surface area contributed by atoms with Crippen molar-refractivity contribution in [2.45, 2.75) is 17.7 Å². The zero-order valence-electron chi connectivity index (χ0n) is 9.32. The number of halogens is 8. The number of carboxylic acids is 1. The fraction of sp³-hybridized carbons (Fsp3) is 0.300. The maximum Gasteiger partial charge on any atom is 0.490 e. The van der Waals surface area contributed by atoms with Crippen molar-refractivity contribution < 1.29 is 40.6 Å². The number of alkyl halides is 7. The molecule has 0 radical (unpaired) electrons. The van der Waals surface area contributed by atoms with Gasteiger partial charge in [0.2, 0.25) is 0 Å². The van der Waals surface area contributed by atoms with Gasteiger partial charge in [-0.15, -0.1) is 0 Å². The van der Waals surface area contributed by atoms with E-state index in [1.807, 2.05) is 0 Å². The molecule has 10 heteroatoms. The van der Waals surface area contributed by atoms with Gasteiger partial charge in [-0.1, -0.05) is 22.0 Å². The minimum atomic E-state index is -5.08. The van der Waals surface area contributed by atoms with Crippen molar-refractivity contribution in [3.63, 3.8) is 0 Å². The predicted molar refractivity (Wildman–Crippen MR) is 57.7 cm³/mol. The minimum absolute atomic E-state index is 0.205. The molecule has 1 aromatic rings. The van der Waals surface area contributed by atoms with E-state index in [1.54, 1.807) is 0 Å². The van der Waals surface area contributed by atoms with Crippen LogP contribution in [0.5, 0.6) is 0 Å². The molecule has 0 amide bonds. The van der Waals surface area contributed by atoms with Crippen LogP contribution in [0.25, 0.3) is 0 Å². The van der Waals surface area contributed by atoms with Crippen LogP contribution in [0.15, 0.2) is 18.2 Å². The lowest BCUT2D eigenvalue weighted by Gasteiger charge is -2.07. The Morgan fingerprint density at radius 2 is 1.60 bits per heavy atom. The molecule has 0 aromatic heterocycles. The highest BCUT2D eigenvalue weighted by Crippen LogP contribution is 2.30. The van der Waals surface area contributed by atoms with Gasteiger partial charge < -0.3 is 5.11 Å². The van der Waals surface area contributed by atoms with Crippen LogP contribution in [0.1, 0.15) is 11.1 Å². The molecule has 114 valence electrons. The highest BCUT2D eigenvalue weighted by molar-refractivity contribution is 9.08. The first-order valence-electron chi connectivity index (χ1n) is 4.61. The van der Waals surface area contributed by atoms with Crippen molar-refractivity contribution >= 4 is 21.9 Å². The Hall–Kier alpha value is -1.32. The molecule has 0 fully saturated rings. The Kier molecular flexibility index (Phi) is 6.45. The normalized spacial score (nSPS) is 11.6. The standard InChI is InChI=1S/C8H5BrF4.C2HF3O2/c9-4-5-1-2-6(3-7(5)10)8(11,12)13;3-2(4,5)1(6)7/h1-3H,4H2;(H,6,7). The zero-order valence-corrected chi connectivity index (χ0v) is 10.9. The lowest BCUT2D eigenvalue weighted by Crippen LogP contribution is -2.21. The average Bonchev–Trinajstić information content (AvgIpc) is 2.27. The molecule has 0 atom stereocenters. The topological polar surface area (TPSA) is 37.3 Å². The third-order valence-corrected chi connectivity index (χ3v) is 2.37. The summed E-state index contributed by atoms with van der Waals surface area (Å²) in [5.74, 6) is -3.60. The second-order valence-corrected chi connectivity index (χ2v) is 3.80. The number of benzene rings is 1. The number of carbonyl (C=O) groups is 1. The molecule has 0 aliphatic rings. The number of hydrogen-bond acceptors (Lipinski definition) is 1. The molecule has 0 spiro atoms. The van der Waals surface area contributed by atoms with Crippen LogP contribution in [0.4, 0.5) is 30.7 Å². The van der Waals surface area contributed by atoms with E-state index in [2.05, 4.69) is 15.9 Å². The quantitative estimate of drug-likeness (QED) is 0.588. The van der Waals surface area contributed by atoms with Crippen molar-refractivity contribution in [1.82, 2.24) is 0 Å². The van der Waals surface area contributed by atoms with Gasteiger partial charge in [-0.3, -0.25) is 0 Å². The van der Waals surface area contributed by atoms with Crippen LogP contribution in [0, 0.1) is 5.82 Å². The molecule has 2 nitrogen and oxygen atoms in total. The smallest absolute Gasteiger partial charge is 0.475 e. The molecule has 0 unspecified atom stereocenters. The summed E-state index contributed by atoms with van der Waals surface area (Å²) in [5, 5.41) is 7.33. The van der Waals surface area contributed by atoms with Crippen molar-refractivity contribution in [2.75, 3.05) is 0 Å². The van der Waals surface area contributed by atoms with E-state index in [4.69, 9.17) is 9.90 Å². The fourth-order valence-corrected chi connectivity index (χ4v) is 1.29. The summed E-state index contributed by atoms with van der Waals surface area (Å²) in [4.78, 5) is 8.90. The van der Waals surface area contributed by atoms with Crippen LogP contribution >= 0.6 is 15.9 Å². The first-order valence-corrected chi connectivity index (χ1v) is 5.73. The maximum atomic E-state index is 12.9. The Labute approximate surface area is 116 Å². The van der Waals surface area contributed by atoms with Crippen molar-refractivity contribution in [3.05, 3.63) is 35.1 Å². The van der Waals surface area contributed by atoms with Crippen LogP contribution in [-0.4, -0.2) is 17.3 Å². The van der Waals surface area contributed by atoms with Crippen molar-refractivity contribution in [2.24, 2.45) is 0 Å². The second-order valence-electron chi connectivity index (χ2n) is 3.24. The van der Waals surface area contributed by atoms with Crippen LogP contribution in [0.2, 0.25) is 0 Å². The molecule has 1 aromatic carbocycles. The Morgan fingerprint density at radius 3 is 1.85 bits per heavy atom. The summed E-state index contributed by atoms with van der Waals surface area (Å²) in [6.07, 6.45) is -9.56. The van der Waals surface area contributed by atoms with Gasteiger partial charge in [0, 0.05) is 5.33 Å². The van der Waals surface area contributed by atoms with Gasteiger partial charge in [0.1, 0.15) is 5.82 Å². The summed E-state index contributed by atoms with van der Waals surface area (Å²) < 4.78 is 80.7. The molecule has 0 bridgehead atoms. The van der Waals surface area contributed by atoms with Gasteiger partial charge in [0.05, 0.1) is 5.56 Å². The summed E-state index contributed by atoms with van der Waals surface area (Å²) in [6, 6.07) is 2.48. The van der Waals surface area contributed by atoms with Gasteiger partial charge in [-0.05, 0) is 17.7 Å². The monoisotopic (exact) mass is 370 g/mol. The number of carboxylic acid groups (broad SMARTS) is 1. The van der Waals surface area contributed by atoms with Gasteiger partial charge >= 0.3 is 18.3 Å². The largest absolute Gasteiger partial charge is 0.490 e. The van der Waals surface area contributed by atoms with E-state index in [9.17, 15) is 30.7 Å². The van der Waals surface area contributed by atoms with E-state index in [1.165, 1.54) is 0 Å². The average molecular weight is 371 g/mol. The number of hydrogen-bond donors (Lipinski definition) is 1. The lowest BCUT2D eigenvalue weighted by molar-refractivity contribution is -0.192. The molecular formula is C10H6BrF7O2. The van der Waals surface area contributed by atoms with Crippen LogP contribution in [0.3, 0.4) is 0 Å². The Bertz CT molecular complexity index is 468. The molecule has 0 heterocycles. The molecule has 0 aliphatic heterocycles. The Balaban J connectivity index is 0.000000441. The van der Waals surface area contributed by atoms with E-state index in [0.29, 0.717) is 6.07 Å². The molecular weight excluding hydrogens is 365 g/mol. The third-order valence-electron chi connectivity index (χ3n) is 1.77. The fourth-order valence-electron chi connectivity index (χ4n) is 0.832. The van der Waals surface area contributed by atoms with E-state index in [-0.39, 0.29) is 10.9 Å². The minimum Gasteiger partial charge on any atom is -0.475 e. The summed E-state index contributed by atoms with van der Waals surface area (Å²) >= 11 is 2.96. The highest BCUT2D eigenvalue weighted by Gasteiger charge is 2.38. The van der Waals surface area contributed by atoms with Gasteiger partial charge in [-0.25, -0.2) is 9.18 Å². The van der Waals surface area contributed by atoms with E-state index < -0.39 is 29.7 Å². The second kappa shape index (κ2) is 6.91. The predicted octanol–water partition coefficient (Wildman–Crippen LogP) is 4.37. The molecule has 1 rings (SSSR count). The molecule has 0 saturated heterocycles. The lowest BCUT2D eigenvalue weighted by atomic mass is 10.1. The molecule has 1 N–H and O–H groups in total. The first kappa shape index (κ1) is 18.7. The third kappa shape index (κ3) is 6.22. The molecule has 0 saturated carbocycles. The highest BCUT2D eigenvalue weighted by atomic mass is 79.9. The number of aliphatic carboxylic acids is 1. The first-order chi connectivity index (χ1) is 8.89. The van der Waals surface area contributed by atoms with Gasteiger partial charge in [0.25, 0.3) is 0 Å². The summed E-state index contributed by atoms with van der Waals surface area (Å²) in [5.41, 5.74) is -0.748. The zero-order chi connectivity index (χ0) is 16.1.